The van der Waals surface area contributed by atoms with Gasteiger partial charge in [0.2, 0.25) is 5.91 Å². The minimum Gasteiger partial charge on any atom is -0.345 e. The summed E-state index contributed by atoms with van der Waals surface area (Å²) >= 11 is 1.17. The van der Waals surface area contributed by atoms with E-state index in [0.29, 0.717) is 16.5 Å². The van der Waals surface area contributed by atoms with Gasteiger partial charge in [0.15, 0.2) is 11.0 Å². The van der Waals surface area contributed by atoms with Crippen molar-refractivity contribution in [2.24, 2.45) is 7.05 Å². The lowest BCUT2D eigenvalue weighted by Gasteiger charge is -2.07. The van der Waals surface area contributed by atoms with Crippen molar-refractivity contribution in [2.75, 3.05) is 11.1 Å². The molecule has 144 valence electrons. The maximum absolute atomic E-state index is 13.6. The highest BCUT2D eigenvalue weighted by Crippen LogP contribution is 2.17. The van der Waals surface area contributed by atoms with Crippen molar-refractivity contribution in [1.29, 1.82) is 0 Å². The van der Waals surface area contributed by atoms with E-state index in [1.807, 2.05) is 6.07 Å². The monoisotopic (exact) mass is 399 g/mol. The van der Waals surface area contributed by atoms with Crippen LogP contribution >= 0.6 is 11.8 Å². The maximum Gasteiger partial charge on any atom is 0.251 e. The molecule has 0 unspecified atom stereocenters. The average Bonchev–Trinajstić information content (AvgIpc) is 3.06. The number of hydrogen-bond donors (Lipinski definition) is 2. The summed E-state index contributed by atoms with van der Waals surface area (Å²) in [4.78, 5) is 24.1. The predicted molar refractivity (Wildman–Crippen MR) is 104 cm³/mol. The van der Waals surface area contributed by atoms with Crippen LogP contribution in [-0.4, -0.2) is 32.3 Å². The molecule has 0 atom stereocenters. The highest BCUT2D eigenvalue weighted by Gasteiger charge is 2.13. The van der Waals surface area contributed by atoms with E-state index in [1.54, 1.807) is 48.0 Å². The molecule has 0 fully saturated rings. The molecule has 2 amide bonds. The molecule has 0 aliphatic carbocycles. The van der Waals surface area contributed by atoms with E-state index in [1.165, 1.54) is 23.9 Å². The van der Waals surface area contributed by atoms with Crippen molar-refractivity contribution in [2.45, 2.75) is 11.7 Å². The van der Waals surface area contributed by atoms with Crippen LogP contribution in [0.4, 0.5) is 10.1 Å². The summed E-state index contributed by atoms with van der Waals surface area (Å²) in [5.74, 6) is -0.437. The van der Waals surface area contributed by atoms with Crippen molar-refractivity contribution in [3.63, 3.8) is 0 Å². The van der Waals surface area contributed by atoms with Crippen LogP contribution in [0.25, 0.3) is 0 Å². The molecule has 1 heterocycles. The normalized spacial score (nSPS) is 10.5. The predicted octanol–water partition coefficient (Wildman–Crippen LogP) is 2.62. The van der Waals surface area contributed by atoms with Crippen molar-refractivity contribution in [3.05, 3.63) is 71.8 Å². The zero-order chi connectivity index (χ0) is 19.9. The maximum atomic E-state index is 13.6. The van der Waals surface area contributed by atoms with Gasteiger partial charge in [-0.1, -0.05) is 42.1 Å². The summed E-state index contributed by atoms with van der Waals surface area (Å²) in [6.45, 7) is 0.208. The van der Waals surface area contributed by atoms with Gasteiger partial charge in [0.1, 0.15) is 5.82 Å². The molecule has 0 radical (unpaired) electrons. The molecular formula is C19H18FN5O2S. The molecular weight excluding hydrogens is 381 g/mol. The average molecular weight is 399 g/mol. The highest BCUT2D eigenvalue weighted by atomic mass is 32.2. The lowest BCUT2D eigenvalue weighted by Crippen LogP contribution is -2.24. The van der Waals surface area contributed by atoms with Gasteiger partial charge in [-0.2, -0.15) is 0 Å². The Bertz CT molecular complexity index is 977. The molecule has 2 aromatic carbocycles. The SMILES string of the molecule is Cn1c(CNC(=O)c2ccccc2)nnc1SCC(=O)Nc1ccccc1F. The zero-order valence-electron chi connectivity index (χ0n) is 15.1. The van der Waals surface area contributed by atoms with Crippen molar-refractivity contribution >= 4 is 29.3 Å². The number of thioether (sulfide) groups is 1. The third-order valence-electron chi connectivity index (χ3n) is 3.85. The van der Waals surface area contributed by atoms with Crippen LogP contribution < -0.4 is 10.6 Å². The largest absolute Gasteiger partial charge is 0.345 e. The van der Waals surface area contributed by atoms with Crippen LogP contribution in [0.1, 0.15) is 16.2 Å². The Labute approximate surface area is 165 Å². The number of anilines is 1. The van der Waals surface area contributed by atoms with E-state index in [-0.39, 0.29) is 29.8 Å². The minimum atomic E-state index is -0.490. The molecule has 0 aliphatic heterocycles. The first-order chi connectivity index (χ1) is 13.5. The van der Waals surface area contributed by atoms with Crippen LogP contribution in [0, 0.1) is 5.82 Å². The molecule has 0 aliphatic rings. The van der Waals surface area contributed by atoms with Gasteiger partial charge in [0.05, 0.1) is 18.0 Å². The molecule has 1 aromatic heterocycles. The second-order valence-corrected chi connectivity index (χ2v) is 6.77. The molecule has 7 nitrogen and oxygen atoms in total. The first-order valence-corrected chi connectivity index (χ1v) is 9.42. The molecule has 3 aromatic rings. The van der Waals surface area contributed by atoms with Crippen molar-refractivity contribution in [3.8, 4) is 0 Å². The van der Waals surface area contributed by atoms with E-state index in [2.05, 4.69) is 20.8 Å². The van der Waals surface area contributed by atoms with Gasteiger partial charge in [0.25, 0.3) is 5.91 Å². The molecule has 9 heteroatoms. The molecule has 0 saturated heterocycles. The highest BCUT2D eigenvalue weighted by molar-refractivity contribution is 7.99. The van der Waals surface area contributed by atoms with Crippen LogP contribution in [0.5, 0.6) is 0 Å². The Hall–Kier alpha value is -3.20. The number of aromatic nitrogens is 3. The Morgan fingerprint density at radius 2 is 1.79 bits per heavy atom. The number of amides is 2. The van der Waals surface area contributed by atoms with Crippen LogP contribution in [0.2, 0.25) is 0 Å². The van der Waals surface area contributed by atoms with E-state index < -0.39 is 5.82 Å². The van der Waals surface area contributed by atoms with Crippen LogP contribution in [-0.2, 0) is 18.4 Å². The third kappa shape index (κ3) is 4.95. The number of nitrogens with one attached hydrogen (secondary N) is 2. The number of carbonyl (C=O) groups excluding carboxylic acids is 2. The molecule has 0 saturated carbocycles. The fraction of sp³-hybridized carbons (Fsp3) is 0.158. The number of benzene rings is 2. The van der Waals surface area contributed by atoms with Crippen LogP contribution in [0.3, 0.4) is 0 Å². The minimum absolute atomic E-state index is 0.0523. The number of halogens is 1. The Morgan fingerprint density at radius 1 is 1.07 bits per heavy atom. The van der Waals surface area contributed by atoms with Gasteiger partial charge in [-0.15, -0.1) is 10.2 Å². The van der Waals surface area contributed by atoms with E-state index >= 15 is 0 Å². The van der Waals surface area contributed by atoms with Crippen LogP contribution in [0.15, 0.2) is 59.8 Å². The first kappa shape index (κ1) is 19.6. The second kappa shape index (κ2) is 9.14. The Morgan fingerprint density at radius 3 is 2.54 bits per heavy atom. The number of rotatable bonds is 7. The number of para-hydroxylation sites is 1. The van der Waals surface area contributed by atoms with E-state index in [0.717, 1.165) is 0 Å². The lowest BCUT2D eigenvalue weighted by molar-refractivity contribution is -0.113. The molecule has 0 spiro atoms. The first-order valence-electron chi connectivity index (χ1n) is 8.43. The van der Waals surface area contributed by atoms with Crippen molar-refractivity contribution in [1.82, 2.24) is 20.1 Å². The quantitative estimate of drug-likeness (QED) is 0.596. The van der Waals surface area contributed by atoms with Crippen molar-refractivity contribution < 1.29 is 14.0 Å². The summed E-state index contributed by atoms with van der Waals surface area (Å²) in [5, 5.41) is 13.9. The Kier molecular flexibility index (Phi) is 6.38. The van der Waals surface area contributed by atoms with Gasteiger partial charge in [-0.25, -0.2) is 4.39 Å². The third-order valence-corrected chi connectivity index (χ3v) is 4.87. The molecule has 3 rings (SSSR count). The fourth-order valence-electron chi connectivity index (χ4n) is 2.35. The van der Waals surface area contributed by atoms with Gasteiger partial charge in [-0.3, -0.25) is 9.59 Å². The lowest BCUT2D eigenvalue weighted by atomic mass is 10.2. The molecule has 28 heavy (non-hydrogen) atoms. The van der Waals surface area contributed by atoms with E-state index in [4.69, 9.17) is 0 Å². The molecule has 0 bridgehead atoms. The topological polar surface area (TPSA) is 88.9 Å². The summed E-state index contributed by atoms with van der Waals surface area (Å²) in [7, 11) is 1.75. The molecule has 2 N–H and O–H groups in total. The summed E-state index contributed by atoms with van der Waals surface area (Å²) in [6, 6.07) is 14.8. The van der Waals surface area contributed by atoms with E-state index in [9.17, 15) is 14.0 Å². The standard InChI is InChI=1S/C19H18FN5O2S/c1-25-16(11-21-18(27)13-7-3-2-4-8-13)23-24-19(25)28-12-17(26)22-15-10-6-5-9-14(15)20/h2-10H,11-12H2,1H3,(H,21,27)(H,22,26). The van der Waals surface area contributed by atoms with Gasteiger partial charge in [-0.05, 0) is 24.3 Å². The zero-order valence-corrected chi connectivity index (χ0v) is 15.9. The Balaban J connectivity index is 1.52. The van der Waals surface area contributed by atoms with Gasteiger partial charge < -0.3 is 15.2 Å². The number of hydrogen-bond acceptors (Lipinski definition) is 5. The summed E-state index contributed by atoms with van der Waals surface area (Å²) < 4.78 is 15.3. The fourth-order valence-corrected chi connectivity index (χ4v) is 3.08. The van der Waals surface area contributed by atoms with Gasteiger partial charge >= 0.3 is 0 Å². The smallest absolute Gasteiger partial charge is 0.251 e. The summed E-state index contributed by atoms with van der Waals surface area (Å²) in [5.41, 5.74) is 0.694. The second-order valence-electron chi connectivity index (χ2n) is 5.82. The summed E-state index contributed by atoms with van der Waals surface area (Å²) in [6.07, 6.45) is 0. The number of carbonyl (C=O) groups is 2. The van der Waals surface area contributed by atoms with Gasteiger partial charge in [0, 0.05) is 12.6 Å². The number of nitrogens with zero attached hydrogens (tertiary/aromatic N) is 3.